The normalized spacial score (nSPS) is 14.2. The molecule has 1 unspecified atom stereocenters. The first kappa shape index (κ1) is 17.9. The van der Waals surface area contributed by atoms with E-state index in [0.29, 0.717) is 0 Å². The van der Waals surface area contributed by atoms with Crippen molar-refractivity contribution in [3.8, 4) is 0 Å². The SMILES string of the molecule is CC(N(C)CC(=O)NC(=O)NC(C)(C)C)C(C)(C)C. The summed E-state index contributed by atoms with van der Waals surface area (Å²) < 4.78 is 0. The van der Waals surface area contributed by atoms with Crippen molar-refractivity contribution in [2.75, 3.05) is 13.6 Å². The minimum atomic E-state index is -0.450. The Hall–Kier alpha value is -1.10. The second-order valence-corrected chi connectivity index (χ2v) is 7.21. The molecule has 0 rings (SSSR count). The summed E-state index contributed by atoms with van der Waals surface area (Å²) in [6, 6.07) is -0.210. The molecule has 19 heavy (non-hydrogen) atoms. The molecule has 3 amide bonds. The van der Waals surface area contributed by atoms with Crippen LogP contribution in [-0.2, 0) is 4.79 Å². The molecule has 0 saturated carbocycles. The van der Waals surface area contributed by atoms with Gasteiger partial charge in [-0.05, 0) is 40.2 Å². The van der Waals surface area contributed by atoms with Gasteiger partial charge in [0.25, 0.3) is 0 Å². The zero-order chi connectivity index (χ0) is 15.4. The van der Waals surface area contributed by atoms with E-state index in [4.69, 9.17) is 0 Å². The Balaban J connectivity index is 4.29. The van der Waals surface area contributed by atoms with Gasteiger partial charge in [-0.1, -0.05) is 20.8 Å². The Labute approximate surface area is 117 Å². The zero-order valence-electron chi connectivity index (χ0n) is 13.5. The third kappa shape index (κ3) is 7.82. The summed E-state index contributed by atoms with van der Waals surface area (Å²) in [7, 11) is 1.89. The molecule has 0 radical (unpaired) electrons. The topological polar surface area (TPSA) is 61.4 Å². The van der Waals surface area contributed by atoms with Gasteiger partial charge in [-0.2, -0.15) is 0 Å². The lowest BCUT2D eigenvalue weighted by Crippen LogP contribution is -2.51. The highest BCUT2D eigenvalue weighted by Crippen LogP contribution is 2.22. The van der Waals surface area contributed by atoms with Gasteiger partial charge in [-0.25, -0.2) is 4.79 Å². The first-order valence-corrected chi connectivity index (χ1v) is 6.65. The molecule has 2 N–H and O–H groups in total. The van der Waals surface area contributed by atoms with Gasteiger partial charge in [0.2, 0.25) is 5.91 Å². The van der Waals surface area contributed by atoms with Crippen LogP contribution in [0.2, 0.25) is 0 Å². The average Bonchev–Trinajstić information content (AvgIpc) is 2.10. The molecule has 0 fully saturated rings. The van der Waals surface area contributed by atoms with Crippen molar-refractivity contribution >= 4 is 11.9 Å². The van der Waals surface area contributed by atoms with Crippen molar-refractivity contribution in [2.24, 2.45) is 5.41 Å². The van der Waals surface area contributed by atoms with E-state index in [-0.39, 0.29) is 29.4 Å². The molecule has 0 aliphatic heterocycles. The molecule has 5 nitrogen and oxygen atoms in total. The number of urea groups is 1. The number of amides is 3. The van der Waals surface area contributed by atoms with Gasteiger partial charge in [0.05, 0.1) is 6.54 Å². The van der Waals surface area contributed by atoms with Crippen LogP contribution >= 0.6 is 0 Å². The van der Waals surface area contributed by atoms with Crippen LogP contribution in [0.25, 0.3) is 0 Å². The molecule has 5 heteroatoms. The molecule has 1 atom stereocenters. The van der Waals surface area contributed by atoms with Crippen LogP contribution < -0.4 is 10.6 Å². The number of rotatable bonds is 3. The molecule has 0 aromatic rings. The summed E-state index contributed by atoms with van der Waals surface area (Å²) in [6.45, 7) is 14.2. The van der Waals surface area contributed by atoms with Crippen molar-refractivity contribution in [2.45, 2.75) is 60.0 Å². The molecule has 0 aliphatic carbocycles. The summed E-state index contributed by atoms with van der Waals surface area (Å²) in [5, 5.41) is 5.04. The fraction of sp³-hybridized carbons (Fsp3) is 0.857. The van der Waals surface area contributed by atoms with E-state index in [1.165, 1.54) is 0 Å². The summed E-state index contributed by atoms with van der Waals surface area (Å²) in [6.07, 6.45) is 0. The third-order valence-electron chi connectivity index (χ3n) is 3.05. The van der Waals surface area contributed by atoms with E-state index in [9.17, 15) is 9.59 Å². The van der Waals surface area contributed by atoms with E-state index < -0.39 is 6.03 Å². The summed E-state index contributed by atoms with van der Waals surface area (Å²) in [5.41, 5.74) is -0.266. The van der Waals surface area contributed by atoms with Crippen LogP contribution in [-0.4, -0.2) is 42.0 Å². The van der Waals surface area contributed by atoms with Crippen LogP contribution in [0.4, 0.5) is 4.79 Å². The number of carbonyl (C=O) groups excluding carboxylic acids is 2. The minimum absolute atomic E-state index is 0.0860. The maximum Gasteiger partial charge on any atom is 0.321 e. The van der Waals surface area contributed by atoms with E-state index in [2.05, 4.69) is 38.3 Å². The number of imide groups is 1. The van der Waals surface area contributed by atoms with Gasteiger partial charge < -0.3 is 5.32 Å². The van der Waals surface area contributed by atoms with Crippen LogP contribution in [0.5, 0.6) is 0 Å². The molecule has 0 aliphatic rings. The van der Waals surface area contributed by atoms with Crippen LogP contribution in [0, 0.1) is 5.41 Å². The quantitative estimate of drug-likeness (QED) is 0.825. The Morgan fingerprint density at radius 3 is 1.95 bits per heavy atom. The fourth-order valence-electron chi connectivity index (χ4n) is 1.56. The molecular formula is C14H29N3O2. The number of nitrogens with zero attached hydrogens (tertiary/aromatic N) is 1. The maximum atomic E-state index is 11.8. The Morgan fingerprint density at radius 1 is 1.11 bits per heavy atom. The maximum absolute atomic E-state index is 11.8. The largest absolute Gasteiger partial charge is 0.333 e. The van der Waals surface area contributed by atoms with Crippen LogP contribution in [0.15, 0.2) is 0 Å². The lowest BCUT2D eigenvalue weighted by Gasteiger charge is -2.34. The number of likely N-dealkylation sites (N-methyl/N-ethyl adjacent to an activating group) is 1. The number of nitrogens with one attached hydrogen (secondary N) is 2. The second-order valence-electron chi connectivity index (χ2n) is 7.21. The van der Waals surface area contributed by atoms with E-state index in [0.717, 1.165) is 0 Å². The highest BCUT2D eigenvalue weighted by molar-refractivity contribution is 5.95. The third-order valence-corrected chi connectivity index (χ3v) is 3.05. The molecule has 0 aromatic carbocycles. The highest BCUT2D eigenvalue weighted by Gasteiger charge is 2.25. The van der Waals surface area contributed by atoms with Crippen molar-refractivity contribution in [3.05, 3.63) is 0 Å². The van der Waals surface area contributed by atoms with Gasteiger partial charge in [0.1, 0.15) is 0 Å². The summed E-state index contributed by atoms with van der Waals surface area (Å²) >= 11 is 0. The van der Waals surface area contributed by atoms with Crippen molar-refractivity contribution < 1.29 is 9.59 Å². The monoisotopic (exact) mass is 271 g/mol. The predicted molar refractivity (Wildman–Crippen MR) is 78.0 cm³/mol. The Bertz CT molecular complexity index is 327. The molecule has 0 spiro atoms. The van der Waals surface area contributed by atoms with Gasteiger partial charge in [0.15, 0.2) is 0 Å². The fourth-order valence-corrected chi connectivity index (χ4v) is 1.56. The molecule has 0 saturated heterocycles. The Kier molecular flexibility index (Phi) is 6.00. The highest BCUT2D eigenvalue weighted by atomic mass is 16.2. The van der Waals surface area contributed by atoms with Crippen molar-refractivity contribution in [3.63, 3.8) is 0 Å². The van der Waals surface area contributed by atoms with Gasteiger partial charge in [-0.15, -0.1) is 0 Å². The molecule has 0 bridgehead atoms. The standard InChI is InChI=1S/C14H29N3O2/c1-10(13(2,3)4)17(8)9-11(18)15-12(19)16-14(5,6)7/h10H,9H2,1-8H3,(H2,15,16,18,19). The Morgan fingerprint density at radius 2 is 1.58 bits per heavy atom. The molecular weight excluding hydrogens is 242 g/mol. The van der Waals surface area contributed by atoms with E-state index >= 15 is 0 Å². The van der Waals surface area contributed by atoms with Gasteiger partial charge in [0, 0.05) is 11.6 Å². The number of carbonyl (C=O) groups is 2. The van der Waals surface area contributed by atoms with Crippen LogP contribution in [0.3, 0.4) is 0 Å². The van der Waals surface area contributed by atoms with E-state index in [1.807, 2.05) is 32.7 Å². The predicted octanol–water partition coefficient (Wildman–Crippen LogP) is 1.98. The number of hydrogen-bond acceptors (Lipinski definition) is 3. The first-order chi connectivity index (χ1) is 8.33. The zero-order valence-corrected chi connectivity index (χ0v) is 13.5. The van der Waals surface area contributed by atoms with Crippen molar-refractivity contribution in [1.29, 1.82) is 0 Å². The molecule has 112 valence electrons. The molecule has 0 heterocycles. The van der Waals surface area contributed by atoms with Crippen molar-refractivity contribution in [1.82, 2.24) is 15.5 Å². The van der Waals surface area contributed by atoms with Gasteiger partial charge in [-0.3, -0.25) is 15.0 Å². The van der Waals surface area contributed by atoms with Crippen LogP contribution in [0.1, 0.15) is 48.5 Å². The average molecular weight is 271 g/mol. The van der Waals surface area contributed by atoms with E-state index in [1.54, 1.807) is 0 Å². The second kappa shape index (κ2) is 6.37. The minimum Gasteiger partial charge on any atom is -0.333 e. The first-order valence-electron chi connectivity index (χ1n) is 6.65. The smallest absolute Gasteiger partial charge is 0.321 e. The summed E-state index contributed by atoms with van der Waals surface area (Å²) in [5.74, 6) is -0.291. The number of hydrogen-bond donors (Lipinski definition) is 2. The van der Waals surface area contributed by atoms with Gasteiger partial charge >= 0.3 is 6.03 Å². The summed E-state index contributed by atoms with van der Waals surface area (Å²) in [4.78, 5) is 25.3. The molecule has 0 aromatic heterocycles. The lowest BCUT2D eigenvalue weighted by atomic mass is 9.87. The lowest BCUT2D eigenvalue weighted by molar-refractivity contribution is -0.121.